The van der Waals surface area contributed by atoms with Crippen LogP contribution in [0, 0.1) is 0 Å². The van der Waals surface area contributed by atoms with Crippen LogP contribution in [0.5, 0.6) is 5.75 Å². The van der Waals surface area contributed by atoms with Crippen LogP contribution in [-0.2, 0) is 0 Å². The number of para-hydroxylation sites is 1. The van der Waals surface area contributed by atoms with Gasteiger partial charge >= 0.3 is 0 Å². The number of phenolic OH excluding ortho intramolecular Hbond substituents is 1. The van der Waals surface area contributed by atoms with Gasteiger partial charge in [-0.3, -0.25) is 5.43 Å². The molecular weight excluding hydrogens is 300 g/mol. The van der Waals surface area contributed by atoms with Crippen molar-refractivity contribution in [3.8, 4) is 5.75 Å². The SMILES string of the molecule is Oc1ccc(/C(N=Nc2ccccc2)=N/Nc2ccccc2)cc1. The molecule has 3 aromatic rings. The Morgan fingerprint density at radius 3 is 2.04 bits per heavy atom. The average Bonchev–Trinajstić information content (AvgIpc) is 2.64. The van der Waals surface area contributed by atoms with Crippen molar-refractivity contribution in [2.45, 2.75) is 0 Å². The van der Waals surface area contributed by atoms with E-state index in [1.54, 1.807) is 24.3 Å². The molecule has 3 rings (SSSR count). The maximum absolute atomic E-state index is 9.44. The van der Waals surface area contributed by atoms with Gasteiger partial charge in [0.05, 0.1) is 11.4 Å². The molecule has 0 saturated carbocycles. The van der Waals surface area contributed by atoms with Gasteiger partial charge < -0.3 is 5.11 Å². The number of hydrogen-bond donors (Lipinski definition) is 2. The highest BCUT2D eigenvalue weighted by Gasteiger charge is 2.03. The number of phenols is 1. The van der Waals surface area contributed by atoms with Crippen molar-refractivity contribution >= 4 is 17.2 Å². The third-order valence-electron chi connectivity index (χ3n) is 3.21. The molecule has 24 heavy (non-hydrogen) atoms. The van der Waals surface area contributed by atoms with Crippen molar-refractivity contribution in [1.29, 1.82) is 0 Å². The molecule has 5 heteroatoms. The van der Waals surface area contributed by atoms with Crippen LogP contribution in [0.15, 0.2) is 100 Å². The fourth-order valence-electron chi connectivity index (χ4n) is 1.99. The first-order valence-electron chi connectivity index (χ1n) is 7.46. The smallest absolute Gasteiger partial charge is 0.201 e. The van der Waals surface area contributed by atoms with E-state index in [1.807, 2.05) is 60.7 Å². The quantitative estimate of drug-likeness (QED) is 0.309. The summed E-state index contributed by atoms with van der Waals surface area (Å²) in [4.78, 5) is 0. The minimum absolute atomic E-state index is 0.189. The molecule has 2 N–H and O–H groups in total. The van der Waals surface area contributed by atoms with Gasteiger partial charge in [0, 0.05) is 5.56 Å². The Hall–Kier alpha value is -3.47. The molecule has 0 amide bonds. The van der Waals surface area contributed by atoms with E-state index >= 15 is 0 Å². The summed E-state index contributed by atoms with van der Waals surface area (Å²) in [5.74, 6) is 0.608. The first-order chi connectivity index (χ1) is 11.8. The minimum atomic E-state index is 0.189. The zero-order chi connectivity index (χ0) is 16.6. The summed E-state index contributed by atoms with van der Waals surface area (Å²) in [6, 6.07) is 25.7. The van der Waals surface area contributed by atoms with Gasteiger partial charge in [-0.1, -0.05) is 36.4 Å². The van der Waals surface area contributed by atoms with Crippen LogP contribution in [0.3, 0.4) is 0 Å². The van der Waals surface area contributed by atoms with Gasteiger partial charge in [0.1, 0.15) is 5.75 Å². The summed E-state index contributed by atoms with van der Waals surface area (Å²) in [6.45, 7) is 0. The van der Waals surface area contributed by atoms with Gasteiger partial charge in [-0.25, -0.2) is 0 Å². The van der Waals surface area contributed by atoms with Gasteiger partial charge in [0.15, 0.2) is 0 Å². The Kier molecular flexibility index (Phi) is 4.94. The summed E-state index contributed by atoms with van der Waals surface area (Å²) in [5.41, 5.74) is 5.30. The number of aromatic hydroxyl groups is 1. The van der Waals surface area contributed by atoms with Crippen molar-refractivity contribution in [3.63, 3.8) is 0 Å². The average molecular weight is 316 g/mol. The van der Waals surface area contributed by atoms with Crippen LogP contribution in [0.25, 0.3) is 0 Å². The van der Waals surface area contributed by atoms with Gasteiger partial charge in [-0.05, 0) is 48.5 Å². The van der Waals surface area contributed by atoms with E-state index in [0.29, 0.717) is 5.84 Å². The molecule has 0 aliphatic rings. The van der Waals surface area contributed by atoms with Crippen molar-refractivity contribution in [1.82, 2.24) is 0 Å². The lowest BCUT2D eigenvalue weighted by atomic mass is 10.2. The molecule has 3 aromatic carbocycles. The Morgan fingerprint density at radius 2 is 1.38 bits per heavy atom. The lowest BCUT2D eigenvalue weighted by molar-refractivity contribution is 0.475. The summed E-state index contributed by atoms with van der Waals surface area (Å²) >= 11 is 0. The Morgan fingerprint density at radius 1 is 0.750 bits per heavy atom. The molecule has 0 spiro atoms. The highest BCUT2D eigenvalue weighted by Crippen LogP contribution is 2.15. The summed E-state index contributed by atoms with van der Waals surface area (Å²) in [7, 11) is 0. The Bertz CT molecular complexity index is 828. The van der Waals surface area contributed by atoms with E-state index < -0.39 is 0 Å². The second kappa shape index (κ2) is 7.69. The van der Waals surface area contributed by atoms with Crippen LogP contribution < -0.4 is 5.43 Å². The highest BCUT2D eigenvalue weighted by molar-refractivity contribution is 5.99. The van der Waals surface area contributed by atoms with Gasteiger partial charge in [-0.2, -0.15) is 5.10 Å². The first kappa shape index (κ1) is 15.4. The Labute approximate surface area is 140 Å². The van der Waals surface area contributed by atoms with Crippen LogP contribution in [0.1, 0.15) is 5.56 Å². The van der Waals surface area contributed by atoms with Crippen molar-refractivity contribution < 1.29 is 5.11 Å². The molecule has 118 valence electrons. The number of nitrogens with one attached hydrogen (secondary N) is 1. The van der Waals surface area contributed by atoms with E-state index in [1.165, 1.54) is 0 Å². The third kappa shape index (κ3) is 4.27. The number of rotatable bonds is 4. The standard InChI is InChI=1S/C19H16N4O/c24-18-13-11-15(12-14-18)19(22-20-16-7-3-1-4-8-16)23-21-17-9-5-2-6-10-17/h1-14,20,24H/b22-19-,23-21?. The molecule has 0 unspecified atom stereocenters. The second-order valence-corrected chi connectivity index (χ2v) is 5.00. The number of hydrazone groups is 1. The third-order valence-corrected chi connectivity index (χ3v) is 3.21. The maximum atomic E-state index is 9.44. The number of azo groups is 1. The van der Waals surface area contributed by atoms with E-state index in [4.69, 9.17) is 0 Å². The van der Waals surface area contributed by atoms with E-state index in [-0.39, 0.29) is 5.75 Å². The van der Waals surface area contributed by atoms with E-state index in [9.17, 15) is 5.11 Å². The minimum Gasteiger partial charge on any atom is -0.508 e. The van der Waals surface area contributed by atoms with Crippen LogP contribution in [0.4, 0.5) is 11.4 Å². The fraction of sp³-hybridized carbons (Fsp3) is 0. The second-order valence-electron chi connectivity index (χ2n) is 5.00. The monoisotopic (exact) mass is 316 g/mol. The predicted octanol–water partition coefficient (Wildman–Crippen LogP) is 4.95. The van der Waals surface area contributed by atoms with Crippen LogP contribution in [-0.4, -0.2) is 10.9 Å². The van der Waals surface area contributed by atoms with Crippen molar-refractivity contribution in [2.24, 2.45) is 15.3 Å². The molecule has 0 bridgehead atoms. The number of anilines is 1. The normalized spacial score (nSPS) is 11.6. The molecule has 0 aliphatic heterocycles. The summed E-state index contributed by atoms with van der Waals surface area (Å²) in [5, 5.41) is 22.2. The number of amidine groups is 1. The van der Waals surface area contributed by atoms with Crippen LogP contribution >= 0.6 is 0 Å². The first-order valence-corrected chi connectivity index (χ1v) is 7.46. The fourth-order valence-corrected chi connectivity index (χ4v) is 1.99. The molecule has 5 nitrogen and oxygen atoms in total. The van der Waals surface area contributed by atoms with Gasteiger partial charge in [0.25, 0.3) is 0 Å². The van der Waals surface area contributed by atoms with Gasteiger partial charge in [-0.15, -0.1) is 10.2 Å². The molecule has 0 saturated heterocycles. The number of benzene rings is 3. The highest BCUT2D eigenvalue weighted by atomic mass is 16.3. The molecule has 0 radical (unpaired) electrons. The zero-order valence-corrected chi connectivity index (χ0v) is 12.9. The molecule has 0 atom stereocenters. The molecule has 0 heterocycles. The lowest BCUT2D eigenvalue weighted by Gasteiger charge is -2.03. The maximum Gasteiger partial charge on any atom is 0.201 e. The molecule has 0 fully saturated rings. The van der Waals surface area contributed by atoms with Crippen LogP contribution in [0.2, 0.25) is 0 Å². The molecule has 0 aromatic heterocycles. The van der Waals surface area contributed by atoms with E-state index in [0.717, 1.165) is 16.9 Å². The lowest BCUT2D eigenvalue weighted by Crippen LogP contribution is -2.01. The Balaban J connectivity index is 1.88. The topological polar surface area (TPSA) is 69.3 Å². The summed E-state index contributed by atoms with van der Waals surface area (Å²) in [6.07, 6.45) is 0. The number of nitrogens with zero attached hydrogens (tertiary/aromatic N) is 3. The van der Waals surface area contributed by atoms with E-state index in [2.05, 4.69) is 20.8 Å². The van der Waals surface area contributed by atoms with Crippen molar-refractivity contribution in [2.75, 3.05) is 5.43 Å². The summed E-state index contributed by atoms with van der Waals surface area (Å²) < 4.78 is 0. The van der Waals surface area contributed by atoms with Gasteiger partial charge in [0.2, 0.25) is 5.84 Å². The molecule has 0 aliphatic carbocycles. The largest absolute Gasteiger partial charge is 0.508 e. The number of hydrogen-bond acceptors (Lipinski definition) is 4. The van der Waals surface area contributed by atoms with Crippen molar-refractivity contribution in [3.05, 3.63) is 90.5 Å². The zero-order valence-electron chi connectivity index (χ0n) is 12.9. The molecular formula is C19H16N4O. The predicted molar refractivity (Wildman–Crippen MR) is 95.7 cm³/mol.